The van der Waals surface area contributed by atoms with Gasteiger partial charge in [0, 0.05) is 11.5 Å². The first-order valence-corrected chi connectivity index (χ1v) is 4.74. The fraction of sp³-hybridized carbons (Fsp3) is 0.545. The van der Waals surface area contributed by atoms with E-state index >= 15 is 0 Å². The standard InChI is InChI=1S/C11H15NO/c1-11(2)7-9-5-3-4-6-10(9)12(11)8-13/h3-6,8-10H,7H2,1-2H3. The van der Waals surface area contributed by atoms with Gasteiger partial charge in [0.25, 0.3) is 0 Å². The molecule has 0 radical (unpaired) electrons. The third kappa shape index (κ3) is 1.21. The fourth-order valence-corrected chi connectivity index (χ4v) is 2.43. The van der Waals surface area contributed by atoms with Gasteiger partial charge < -0.3 is 4.90 Å². The van der Waals surface area contributed by atoms with Gasteiger partial charge in [0.05, 0.1) is 6.04 Å². The van der Waals surface area contributed by atoms with Crippen molar-refractivity contribution >= 4 is 6.41 Å². The van der Waals surface area contributed by atoms with E-state index in [1.165, 1.54) is 0 Å². The van der Waals surface area contributed by atoms with Gasteiger partial charge >= 0.3 is 0 Å². The molecule has 2 rings (SSSR count). The van der Waals surface area contributed by atoms with Crippen molar-refractivity contribution in [3.8, 4) is 0 Å². The summed E-state index contributed by atoms with van der Waals surface area (Å²) in [5.74, 6) is 0.519. The number of hydrogen-bond acceptors (Lipinski definition) is 1. The van der Waals surface area contributed by atoms with Crippen LogP contribution in [0.4, 0.5) is 0 Å². The average molecular weight is 177 g/mol. The van der Waals surface area contributed by atoms with Crippen LogP contribution in [0.1, 0.15) is 20.3 Å². The van der Waals surface area contributed by atoms with Crippen LogP contribution in [0, 0.1) is 5.92 Å². The molecule has 1 saturated heterocycles. The lowest BCUT2D eigenvalue weighted by Gasteiger charge is -2.31. The molecule has 13 heavy (non-hydrogen) atoms. The molecule has 1 aliphatic heterocycles. The summed E-state index contributed by atoms with van der Waals surface area (Å²) in [6.45, 7) is 4.25. The van der Waals surface area contributed by atoms with Crippen LogP contribution in [0.5, 0.6) is 0 Å². The maximum Gasteiger partial charge on any atom is 0.210 e. The minimum absolute atomic E-state index is 0.0100. The van der Waals surface area contributed by atoms with Gasteiger partial charge in [-0.1, -0.05) is 24.3 Å². The summed E-state index contributed by atoms with van der Waals surface area (Å²) < 4.78 is 0. The second-order valence-corrected chi connectivity index (χ2v) is 4.45. The number of carbonyl (C=O) groups excluding carboxylic acids is 1. The molecule has 1 aliphatic carbocycles. The van der Waals surface area contributed by atoms with E-state index in [0.717, 1.165) is 12.8 Å². The predicted molar refractivity (Wildman–Crippen MR) is 52.2 cm³/mol. The molecule has 1 fully saturated rings. The van der Waals surface area contributed by atoms with E-state index in [1.54, 1.807) is 0 Å². The molecule has 0 N–H and O–H groups in total. The van der Waals surface area contributed by atoms with Crippen molar-refractivity contribution < 1.29 is 4.79 Å². The van der Waals surface area contributed by atoms with E-state index in [9.17, 15) is 4.79 Å². The Labute approximate surface area is 78.9 Å². The molecular weight excluding hydrogens is 162 g/mol. The highest BCUT2D eigenvalue weighted by Crippen LogP contribution is 2.39. The van der Waals surface area contributed by atoms with Gasteiger partial charge in [0.15, 0.2) is 0 Å². The lowest BCUT2D eigenvalue weighted by atomic mass is 9.92. The highest BCUT2D eigenvalue weighted by molar-refractivity contribution is 5.52. The lowest BCUT2D eigenvalue weighted by molar-refractivity contribution is -0.122. The summed E-state index contributed by atoms with van der Waals surface area (Å²) in [5, 5.41) is 0. The second-order valence-electron chi connectivity index (χ2n) is 4.45. The molecule has 2 heteroatoms. The Morgan fingerprint density at radius 2 is 2.08 bits per heavy atom. The number of nitrogens with zero attached hydrogens (tertiary/aromatic N) is 1. The summed E-state index contributed by atoms with van der Waals surface area (Å²) in [6, 6.07) is 0.289. The SMILES string of the molecule is CC1(C)CC2C=CC=CC2N1C=O. The van der Waals surface area contributed by atoms with Crippen LogP contribution >= 0.6 is 0 Å². The maximum absolute atomic E-state index is 10.9. The fourth-order valence-electron chi connectivity index (χ4n) is 2.43. The molecule has 1 amide bonds. The smallest absolute Gasteiger partial charge is 0.210 e. The highest BCUT2D eigenvalue weighted by atomic mass is 16.1. The molecule has 0 aromatic carbocycles. The van der Waals surface area contributed by atoms with Crippen molar-refractivity contribution in [3.05, 3.63) is 24.3 Å². The van der Waals surface area contributed by atoms with Crippen LogP contribution in [-0.2, 0) is 4.79 Å². The summed E-state index contributed by atoms with van der Waals surface area (Å²) in [7, 11) is 0. The van der Waals surface area contributed by atoms with Crippen molar-refractivity contribution in [1.82, 2.24) is 4.90 Å². The molecule has 0 aromatic heterocycles. The molecule has 0 spiro atoms. The number of likely N-dealkylation sites (tertiary alicyclic amines) is 1. The van der Waals surface area contributed by atoms with Crippen LogP contribution < -0.4 is 0 Å². The summed E-state index contributed by atoms with van der Waals surface area (Å²) >= 11 is 0. The zero-order chi connectivity index (χ0) is 9.47. The third-order valence-electron chi connectivity index (χ3n) is 3.09. The van der Waals surface area contributed by atoms with E-state index in [-0.39, 0.29) is 11.6 Å². The van der Waals surface area contributed by atoms with Gasteiger partial charge in [0.2, 0.25) is 6.41 Å². The van der Waals surface area contributed by atoms with Crippen molar-refractivity contribution in [2.45, 2.75) is 31.8 Å². The lowest BCUT2D eigenvalue weighted by Crippen LogP contribution is -2.41. The Morgan fingerprint density at radius 3 is 2.77 bits per heavy atom. The Hall–Kier alpha value is -1.05. The summed E-state index contributed by atoms with van der Waals surface area (Å²) in [4.78, 5) is 12.9. The van der Waals surface area contributed by atoms with Crippen LogP contribution in [-0.4, -0.2) is 22.9 Å². The number of carbonyl (C=O) groups is 1. The third-order valence-corrected chi connectivity index (χ3v) is 3.09. The molecular formula is C11H15NO. The van der Waals surface area contributed by atoms with E-state index in [0.29, 0.717) is 5.92 Å². The molecule has 2 aliphatic rings. The van der Waals surface area contributed by atoms with Gasteiger partial charge in [-0.15, -0.1) is 0 Å². The van der Waals surface area contributed by atoms with Gasteiger partial charge in [-0.3, -0.25) is 4.79 Å². The Kier molecular flexibility index (Phi) is 1.79. The number of hydrogen-bond donors (Lipinski definition) is 0. The minimum atomic E-state index is 0.0100. The zero-order valence-electron chi connectivity index (χ0n) is 8.10. The van der Waals surface area contributed by atoms with Crippen molar-refractivity contribution in [1.29, 1.82) is 0 Å². The molecule has 70 valence electrons. The van der Waals surface area contributed by atoms with Crippen molar-refractivity contribution in [3.63, 3.8) is 0 Å². The first-order chi connectivity index (χ1) is 6.15. The number of amides is 1. The Balaban J connectivity index is 2.31. The molecule has 0 aromatic rings. The minimum Gasteiger partial charge on any atom is -0.333 e. The van der Waals surface area contributed by atoms with Crippen LogP contribution in [0.2, 0.25) is 0 Å². The van der Waals surface area contributed by atoms with Crippen LogP contribution in [0.15, 0.2) is 24.3 Å². The summed E-state index contributed by atoms with van der Waals surface area (Å²) in [5.41, 5.74) is 0.0100. The van der Waals surface area contributed by atoms with Gasteiger partial charge in [-0.05, 0) is 20.3 Å². The zero-order valence-corrected chi connectivity index (χ0v) is 8.10. The second kappa shape index (κ2) is 2.72. The van der Waals surface area contributed by atoms with Crippen molar-refractivity contribution in [2.75, 3.05) is 0 Å². The quantitative estimate of drug-likeness (QED) is 0.559. The van der Waals surface area contributed by atoms with Gasteiger partial charge in [-0.2, -0.15) is 0 Å². The molecule has 2 atom stereocenters. The maximum atomic E-state index is 10.9. The first kappa shape index (κ1) is 8.54. The number of fused-ring (bicyclic) bond motifs is 1. The van der Waals surface area contributed by atoms with Gasteiger partial charge in [-0.25, -0.2) is 0 Å². The number of allylic oxidation sites excluding steroid dienone is 2. The monoisotopic (exact) mass is 177 g/mol. The van der Waals surface area contributed by atoms with Crippen molar-refractivity contribution in [2.24, 2.45) is 5.92 Å². The van der Waals surface area contributed by atoms with Gasteiger partial charge in [0.1, 0.15) is 0 Å². The van der Waals surface area contributed by atoms with E-state index in [1.807, 2.05) is 11.0 Å². The highest BCUT2D eigenvalue weighted by Gasteiger charge is 2.43. The average Bonchev–Trinajstić information content (AvgIpc) is 2.33. The predicted octanol–water partition coefficient (Wildman–Crippen LogP) is 1.74. The normalized spacial score (nSPS) is 34.8. The molecule has 1 heterocycles. The molecule has 0 saturated carbocycles. The molecule has 0 bridgehead atoms. The Bertz CT molecular complexity index is 278. The largest absolute Gasteiger partial charge is 0.333 e. The summed E-state index contributed by atoms with van der Waals surface area (Å²) in [6.07, 6.45) is 10.5. The topological polar surface area (TPSA) is 20.3 Å². The van der Waals surface area contributed by atoms with Crippen LogP contribution in [0.25, 0.3) is 0 Å². The van der Waals surface area contributed by atoms with Crippen LogP contribution in [0.3, 0.4) is 0 Å². The van der Waals surface area contributed by atoms with E-state index < -0.39 is 0 Å². The van der Waals surface area contributed by atoms with E-state index in [2.05, 4.69) is 32.1 Å². The Morgan fingerprint density at radius 1 is 1.38 bits per heavy atom. The molecule has 2 unspecified atom stereocenters. The first-order valence-electron chi connectivity index (χ1n) is 4.74. The number of rotatable bonds is 1. The molecule has 2 nitrogen and oxygen atoms in total. The van der Waals surface area contributed by atoms with E-state index in [4.69, 9.17) is 0 Å².